The van der Waals surface area contributed by atoms with E-state index in [2.05, 4.69) is 14.8 Å². The van der Waals surface area contributed by atoms with Crippen molar-refractivity contribution in [1.29, 1.82) is 0 Å². The van der Waals surface area contributed by atoms with E-state index in [4.69, 9.17) is 4.79 Å². The first-order valence-electron chi connectivity index (χ1n) is 10.2. The summed E-state index contributed by atoms with van der Waals surface area (Å²) in [6, 6.07) is 3.15. The van der Waals surface area contributed by atoms with Crippen LogP contribution in [0.15, 0.2) is 24.3 Å². The highest BCUT2D eigenvalue weighted by Gasteiger charge is 2.73. The Morgan fingerprint density at radius 3 is 2.18 bits per heavy atom. The number of allylic oxidation sites excluding steroid dienone is 1. The van der Waals surface area contributed by atoms with Crippen molar-refractivity contribution in [3.05, 3.63) is 35.4 Å². The van der Waals surface area contributed by atoms with Gasteiger partial charge in [-0.1, -0.05) is 18.2 Å². The monoisotopic (exact) mass is 484 g/mol. The van der Waals surface area contributed by atoms with Crippen LogP contribution in [0.25, 0.3) is 6.08 Å². The van der Waals surface area contributed by atoms with Crippen LogP contribution in [0.1, 0.15) is 38.8 Å². The molecule has 0 spiro atoms. The maximum atomic E-state index is 13.8. The third-order valence-corrected chi connectivity index (χ3v) is 5.05. The Hall–Kier alpha value is -2.11. The van der Waals surface area contributed by atoms with Gasteiger partial charge in [0.1, 0.15) is 13.1 Å². The van der Waals surface area contributed by atoms with Crippen LogP contribution in [0.2, 0.25) is 0 Å². The zero-order valence-electron chi connectivity index (χ0n) is 19.2. The summed E-state index contributed by atoms with van der Waals surface area (Å²) in [6.45, 7) is 7.01. The molecule has 11 heteroatoms. The lowest BCUT2D eigenvalue weighted by Crippen LogP contribution is -2.56. The Balaban J connectivity index is 0.00000172. The summed E-state index contributed by atoms with van der Waals surface area (Å²) < 4.78 is 91.7. The lowest BCUT2D eigenvalue weighted by molar-refractivity contribution is -0.400. The Morgan fingerprint density at radius 2 is 1.70 bits per heavy atom. The smallest absolute Gasteiger partial charge is 0.366 e. The number of halogens is 6. The van der Waals surface area contributed by atoms with Gasteiger partial charge in [0, 0.05) is 43.5 Å². The van der Waals surface area contributed by atoms with E-state index in [1.807, 2.05) is 18.7 Å². The quantitative estimate of drug-likeness (QED) is 0.348. The molecule has 1 aromatic rings. The summed E-state index contributed by atoms with van der Waals surface area (Å²) in [5.74, 6) is 0. The van der Waals surface area contributed by atoms with Crippen LogP contribution in [0.4, 0.5) is 32.0 Å². The minimum Gasteiger partial charge on any atom is -0.366 e. The summed E-state index contributed by atoms with van der Waals surface area (Å²) >= 11 is 0. The fraction of sp³-hybridized carbons (Fsp3) is 0.591. The molecule has 0 bridgehead atoms. The topological polar surface area (TPSA) is 50.8 Å². The molecular weight excluding hydrogens is 454 g/mol. The summed E-state index contributed by atoms with van der Waals surface area (Å²) in [7, 11) is 0.957. The van der Waals surface area contributed by atoms with E-state index in [9.17, 15) is 26.3 Å². The molecule has 0 unspecified atom stereocenters. The second-order valence-corrected chi connectivity index (χ2v) is 7.55. The van der Waals surface area contributed by atoms with Crippen LogP contribution in [0.5, 0.6) is 0 Å². The second kappa shape index (κ2) is 11.8. The number of hydrogen-bond donors (Lipinski definition) is 1. The van der Waals surface area contributed by atoms with E-state index in [-0.39, 0.29) is 17.6 Å². The van der Waals surface area contributed by atoms with Gasteiger partial charge < -0.3 is 24.5 Å². The number of anilines is 1. The van der Waals surface area contributed by atoms with Crippen molar-refractivity contribution in [2.24, 2.45) is 0 Å². The predicted octanol–water partition coefficient (Wildman–Crippen LogP) is 5.05. The van der Waals surface area contributed by atoms with Crippen molar-refractivity contribution in [2.75, 3.05) is 31.9 Å². The molecule has 2 atom stereocenters. The first-order valence-corrected chi connectivity index (χ1v) is 10.2. The molecule has 0 aliphatic carbocycles. The SMILES string of the molecule is C/C=C\c1cc(C(OCOC)(C(F)(F)F)C(F)(F)F)ccc1N1C[C@H](C)NC[C@H]1C.CC=O. The van der Waals surface area contributed by atoms with Crippen LogP contribution in [0.3, 0.4) is 0 Å². The first-order chi connectivity index (χ1) is 15.3. The number of alkyl halides is 6. The van der Waals surface area contributed by atoms with Gasteiger partial charge in [0.05, 0.1) is 0 Å². The Labute approximate surface area is 189 Å². The van der Waals surface area contributed by atoms with Gasteiger partial charge in [-0.2, -0.15) is 26.3 Å². The zero-order chi connectivity index (χ0) is 25.4. The molecule has 1 saturated heterocycles. The highest BCUT2D eigenvalue weighted by Crippen LogP contribution is 2.53. The fourth-order valence-corrected chi connectivity index (χ4v) is 3.59. The predicted molar refractivity (Wildman–Crippen MR) is 114 cm³/mol. The van der Waals surface area contributed by atoms with Gasteiger partial charge in [-0.3, -0.25) is 0 Å². The van der Waals surface area contributed by atoms with Gasteiger partial charge in [-0.05, 0) is 45.4 Å². The molecule has 1 aliphatic rings. The number of aldehydes is 1. The summed E-state index contributed by atoms with van der Waals surface area (Å²) in [5.41, 5.74) is -4.75. The van der Waals surface area contributed by atoms with Crippen LogP contribution in [-0.2, 0) is 19.9 Å². The van der Waals surface area contributed by atoms with Crippen molar-refractivity contribution in [1.82, 2.24) is 5.32 Å². The van der Waals surface area contributed by atoms with Gasteiger partial charge in [0.2, 0.25) is 0 Å². The number of nitrogens with zero attached hydrogens (tertiary/aromatic N) is 1. The molecule has 2 rings (SSSR count). The molecule has 33 heavy (non-hydrogen) atoms. The van der Waals surface area contributed by atoms with Crippen molar-refractivity contribution in [2.45, 2.75) is 57.7 Å². The highest BCUT2D eigenvalue weighted by atomic mass is 19.4. The third kappa shape index (κ3) is 6.48. The van der Waals surface area contributed by atoms with Crippen LogP contribution in [0, 0.1) is 0 Å². The van der Waals surface area contributed by atoms with Gasteiger partial charge in [-0.15, -0.1) is 0 Å². The number of carbonyl (C=O) groups is 1. The summed E-state index contributed by atoms with van der Waals surface area (Å²) in [5, 5.41) is 3.29. The van der Waals surface area contributed by atoms with Gasteiger partial charge >= 0.3 is 12.4 Å². The Kier molecular flexibility index (Phi) is 10.4. The molecule has 5 nitrogen and oxygen atoms in total. The highest BCUT2D eigenvalue weighted by molar-refractivity contribution is 5.69. The van der Waals surface area contributed by atoms with E-state index >= 15 is 0 Å². The molecule has 1 aromatic carbocycles. The van der Waals surface area contributed by atoms with Gasteiger partial charge in [-0.25, -0.2) is 0 Å². The minimum atomic E-state index is -5.75. The van der Waals surface area contributed by atoms with E-state index in [1.165, 1.54) is 19.1 Å². The number of methoxy groups -OCH3 is 1. The number of benzene rings is 1. The fourth-order valence-electron chi connectivity index (χ4n) is 3.59. The molecule has 188 valence electrons. The first kappa shape index (κ1) is 28.9. The normalized spacial score (nSPS) is 19.9. The van der Waals surface area contributed by atoms with Crippen LogP contribution >= 0.6 is 0 Å². The standard InChI is InChI=1S/C20H26F6N2O2.C2H4O/c1-5-6-15-9-16(7-8-17(15)28-11-13(2)27-10-14(28)3)18(19(21,22)23,20(24,25)26)30-12-29-4;1-2-3/h5-9,13-14,27H,10-12H2,1-4H3;2H,1H3/b6-5-;/t13-,14+;/m0./s1. The van der Waals surface area contributed by atoms with Gasteiger partial charge in [0.15, 0.2) is 0 Å². The van der Waals surface area contributed by atoms with E-state index in [0.717, 1.165) is 25.5 Å². The summed E-state index contributed by atoms with van der Waals surface area (Å²) in [6.07, 6.45) is -7.70. The van der Waals surface area contributed by atoms with Crippen LogP contribution in [-0.4, -0.2) is 57.7 Å². The number of nitrogens with one attached hydrogen (secondary N) is 1. The lowest BCUT2D eigenvalue weighted by atomic mass is 9.89. The van der Waals surface area contributed by atoms with Crippen molar-refractivity contribution < 1.29 is 40.6 Å². The molecule has 1 aliphatic heterocycles. The third-order valence-electron chi connectivity index (χ3n) is 5.05. The van der Waals surface area contributed by atoms with E-state index in [0.29, 0.717) is 18.8 Å². The zero-order valence-corrected chi connectivity index (χ0v) is 19.2. The van der Waals surface area contributed by atoms with Crippen molar-refractivity contribution in [3.8, 4) is 0 Å². The average Bonchev–Trinajstić information content (AvgIpc) is 2.69. The van der Waals surface area contributed by atoms with E-state index in [1.54, 1.807) is 13.0 Å². The average molecular weight is 484 g/mol. The minimum absolute atomic E-state index is 0.00999. The molecule has 0 radical (unpaired) electrons. The number of rotatable bonds is 6. The number of hydrogen-bond acceptors (Lipinski definition) is 5. The van der Waals surface area contributed by atoms with Gasteiger partial charge in [0.25, 0.3) is 5.60 Å². The van der Waals surface area contributed by atoms with E-state index < -0.39 is 30.3 Å². The number of carbonyl (C=O) groups excluding carboxylic acids is 1. The molecule has 1 fully saturated rings. The largest absolute Gasteiger partial charge is 0.430 e. The molecular formula is C22H30F6N2O3. The molecule has 1 heterocycles. The molecule has 1 N–H and O–H groups in total. The Bertz CT molecular complexity index is 781. The molecule has 0 amide bonds. The number of ether oxygens (including phenoxy) is 2. The maximum absolute atomic E-state index is 13.8. The second-order valence-electron chi connectivity index (χ2n) is 7.55. The molecule has 0 saturated carbocycles. The van der Waals surface area contributed by atoms with Crippen molar-refractivity contribution in [3.63, 3.8) is 0 Å². The lowest BCUT2D eigenvalue weighted by Gasteiger charge is -2.41. The molecule has 0 aromatic heterocycles. The number of piperazine rings is 1. The van der Waals surface area contributed by atoms with Crippen molar-refractivity contribution >= 4 is 18.0 Å². The summed E-state index contributed by atoms with van der Waals surface area (Å²) in [4.78, 5) is 10.8. The Morgan fingerprint density at radius 1 is 1.12 bits per heavy atom. The maximum Gasteiger partial charge on any atom is 0.430 e. The van der Waals surface area contributed by atoms with Crippen LogP contribution < -0.4 is 10.2 Å².